The van der Waals surface area contributed by atoms with Crippen LogP contribution in [0.15, 0.2) is 59.2 Å². The van der Waals surface area contributed by atoms with Crippen LogP contribution < -0.4 is 10.2 Å². The van der Waals surface area contributed by atoms with Gasteiger partial charge in [0.05, 0.1) is 36.4 Å². The fourth-order valence-corrected chi connectivity index (χ4v) is 4.39. The van der Waals surface area contributed by atoms with Crippen LogP contribution in [0.25, 0.3) is 0 Å². The van der Waals surface area contributed by atoms with Crippen LogP contribution in [0.3, 0.4) is 0 Å². The number of fused-ring (bicyclic) bond motifs is 5. The minimum Gasteiger partial charge on any atom is -0.459 e. The number of benzene rings is 1. The third kappa shape index (κ3) is 2.36. The Kier molecular flexibility index (Phi) is 3.72. The molecule has 4 atom stereocenters. The van der Waals surface area contributed by atoms with Gasteiger partial charge in [0.1, 0.15) is 5.60 Å². The quantitative estimate of drug-likeness (QED) is 0.630. The van der Waals surface area contributed by atoms with Crippen LogP contribution in [0.4, 0.5) is 5.69 Å². The van der Waals surface area contributed by atoms with Crippen molar-refractivity contribution in [3.63, 3.8) is 0 Å². The summed E-state index contributed by atoms with van der Waals surface area (Å²) in [5.74, 6) is -2.17. The fourth-order valence-electron chi connectivity index (χ4n) is 4.26. The molecule has 0 saturated carbocycles. The minimum absolute atomic E-state index is 0.0637. The highest BCUT2D eigenvalue weighted by Crippen LogP contribution is 2.52. The van der Waals surface area contributed by atoms with Gasteiger partial charge in [-0.05, 0) is 36.4 Å². The Morgan fingerprint density at radius 1 is 1.18 bits per heavy atom. The number of imide groups is 1. The largest absolute Gasteiger partial charge is 0.459 e. The van der Waals surface area contributed by atoms with E-state index in [4.69, 9.17) is 20.8 Å². The zero-order valence-corrected chi connectivity index (χ0v) is 15.3. The Morgan fingerprint density at radius 2 is 1.96 bits per heavy atom. The smallest absolute Gasteiger partial charge is 0.287 e. The van der Waals surface area contributed by atoms with E-state index in [1.54, 1.807) is 48.6 Å². The van der Waals surface area contributed by atoms with Gasteiger partial charge in [-0.3, -0.25) is 14.4 Å². The molecule has 3 aliphatic rings. The lowest BCUT2D eigenvalue weighted by Crippen LogP contribution is -2.48. The predicted octanol–water partition coefficient (Wildman–Crippen LogP) is 2.18. The molecule has 1 aromatic heterocycles. The summed E-state index contributed by atoms with van der Waals surface area (Å²) < 4.78 is 11.1. The number of anilines is 1. The molecule has 0 spiro atoms. The molecule has 7 nitrogen and oxygen atoms in total. The van der Waals surface area contributed by atoms with Crippen molar-refractivity contribution >= 4 is 35.0 Å². The Labute approximate surface area is 164 Å². The molecular formula is C20H15ClN2O5. The van der Waals surface area contributed by atoms with Gasteiger partial charge in [-0.1, -0.05) is 23.8 Å². The summed E-state index contributed by atoms with van der Waals surface area (Å²) in [5, 5.41) is 3.27. The van der Waals surface area contributed by atoms with Gasteiger partial charge in [0.2, 0.25) is 11.8 Å². The van der Waals surface area contributed by atoms with Crippen LogP contribution in [0.5, 0.6) is 0 Å². The van der Waals surface area contributed by atoms with Crippen molar-refractivity contribution in [2.75, 3.05) is 11.4 Å². The summed E-state index contributed by atoms with van der Waals surface area (Å²) >= 11 is 5.91. The Morgan fingerprint density at radius 3 is 2.68 bits per heavy atom. The lowest BCUT2D eigenvalue weighted by molar-refractivity contribution is -0.126. The zero-order valence-electron chi connectivity index (χ0n) is 14.5. The van der Waals surface area contributed by atoms with Crippen molar-refractivity contribution in [3.05, 3.63) is 65.6 Å². The number of carbonyl (C=O) groups is 3. The molecule has 142 valence electrons. The van der Waals surface area contributed by atoms with Crippen LogP contribution in [0.2, 0.25) is 5.02 Å². The molecule has 5 rings (SSSR count). The lowest BCUT2D eigenvalue weighted by atomic mass is 9.77. The predicted molar refractivity (Wildman–Crippen MR) is 98.7 cm³/mol. The number of nitrogens with one attached hydrogen (secondary N) is 1. The molecule has 2 aromatic rings. The van der Waals surface area contributed by atoms with Crippen LogP contribution in [0.1, 0.15) is 10.6 Å². The zero-order chi connectivity index (χ0) is 19.5. The molecule has 3 amide bonds. The standard InChI is InChI=1S/C20H15ClN2O5/c21-11-3-5-12(6-4-11)23-18(25)15-13-7-8-20(28-13,16(15)19(23)26)10-22-17(24)14-2-1-9-27-14/h1-9,13,15-16H,10H2,(H,22,24)/t13-,15-,16+,20-/m0/s1. The molecule has 2 fully saturated rings. The molecule has 0 aliphatic carbocycles. The summed E-state index contributed by atoms with van der Waals surface area (Å²) in [7, 11) is 0. The number of halogens is 1. The molecule has 1 aromatic carbocycles. The Hall–Kier alpha value is -2.90. The van der Waals surface area contributed by atoms with Gasteiger partial charge in [-0.15, -0.1) is 0 Å². The first-order valence-electron chi connectivity index (χ1n) is 8.82. The number of rotatable bonds is 4. The highest BCUT2D eigenvalue weighted by molar-refractivity contribution is 6.31. The first kappa shape index (κ1) is 17.2. The van der Waals surface area contributed by atoms with Crippen molar-refractivity contribution in [2.24, 2.45) is 11.8 Å². The average molecular weight is 399 g/mol. The first-order chi connectivity index (χ1) is 13.5. The van der Waals surface area contributed by atoms with Gasteiger partial charge in [0.15, 0.2) is 5.76 Å². The van der Waals surface area contributed by atoms with E-state index in [2.05, 4.69) is 5.32 Å². The maximum Gasteiger partial charge on any atom is 0.287 e. The van der Waals surface area contributed by atoms with Crippen molar-refractivity contribution < 1.29 is 23.5 Å². The van der Waals surface area contributed by atoms with Crippen LogP contribution in [0, 0.1) is 11.8 Å². The summed E-state index contributed by atoms with van der Waals surface area (Å²) in [6, 6.07) is 9.71. The summed E-state index contributed by atoms with van der Waals surface area (Å²) in [4.78, 5) is 39.6. The molecule has 2 saturated heterocycles. The van der Waals surface area contributed by atoms with Crippen molar-refractivity contribution in [1.29, 1.82) is 0 Å². The molecule has 2 bridgehead atoms. The second-order valence-corrected chi connectivity index (χ2v) is 7.48. The van der Waals surface area contributed by atoms with E-state index >= 15 is 0 Å². The van der Waals surface area contributed by atoms with Gasteiger partial charge < -0.3 is 14.5 Å². The second kappa shape index (κ2) is 6.05. The van der Waals surface area contributed by atoms with Crippen molar-refractivity contribution in [3.8, 4) is 0 Å². The monoisotopic (exact) mass is 398 g/mol. The van der Waals surface area contributed by atoms with E-state index in [0.717, 1.165) is 0 Å². The SMILES string of the molecule is O=C(NC[C@]12C=C[C@H](O1)[C@@H]1C(=O)N(c3ccc(Cl)cc3)C(=O)[C@@H]12)c1ccco1. The Bertz CT molecular complexity index is 1000. The molecule has 0 radical (unpaired) electrons. The maximum absolute atomic E-state index is 13.2. The highest BCUT2D eigenvalue weighted by Gasteiger charge is 2.67. The van der Waals surface area contributed by atoms with Crippen LogP contribution in [-0.2, 0) is 14.3 Å². The van der Waals surface area contributed by atoms with E-state index < -0.39 is 29.4 Å². The molecule has 1 N–H and O–H groups in total. The number of amides is 3. The van der Waals surface area contributed by atoms with Gasteiger partial charge >= 0.3 is 0 Å². The van der Waals surface area contributed by atoms with E-state index in [1.165, 1.54) is 11.2 Å². The maximum atomic E-state index is 13.2. The first-order valence-corrected chi connectivity index (χ1v) is 9.20. The van der Waals surface area contributed by atoms with E-state index in [1.807, 2.05) is 0 Å². The van der Waals surface area contributed by atoms with Gasteiger partial charge in [-0.2, -0.15) is 0 Å². The number of ether oxygens (including phenoxy) is 1. The average Bonchev–Trinajstić information content (AvgIpc) is 3.45. The van der Waals surface area contributed by atoms with Gasteiger partial charge in [-0.25, -0.2) is 4.90 Å². The number of furan rings is 1. The topological polar surface area (TPSA) is 88.9 Å². The lowest BCUT2D eigenvalue weighted by Gasteiger charge is -2.29. The molecular weight excluding hydrogens is 384 g/mol. The van der Waals surface area contributed by atoms with Crippen molar-refractivity contribution in [1.82, 2.24) is 5.32 Å². The molecule has 8 heteroatoms. The molecule has 3 aliphatic heterocycles. The minimum atomic E-state index is -1.05. The van der Waals surface area contributed by atoms with Gasteiger partial charge in [0, 0.05) is 5.02 Å². The number of carbonyl (C=O) groups excluding carboxylic acids is 3. The number of hydrogen-bond acceptors (Lipinski definition) is 5. The Balaban J connectivity index is 1.42. The van der Waals surface area contributed by atoms with Crippen molar-refractivity contribution in [2.45, 2.75) is 11.7 Å². The second-order valence-electron chi connectivity index (χ2n) is 7.05. The molecule has 0 unspecified atom stereocenters. The van der Waals surface area contributed by atoms with Crippen LogP contribution >= 0.6 is 11.6 Å². The van der Waals surface area contributed by atoms with Gasteiger partial charge in [0.25, 0.3) is 5.91 Å². The summed E-state index contributed by atoms with van der Waals surface area (Å²) in [6.45, 7) is 0.0637. The van der Waals surface area contributed by atoms with E-state index in [9.17, 15) is 14.4 Å². The third-order valence-corrected chi connectivity index (χ3v) is 5.76. The number of nitrogens with zero attached hydrogens (tertiary/aromatic N) is 1. The highest BCUT2D eigenvalue weighted by atomic mass is 35.5. The summed E-state index contributed by atoms with van der Waals surface area (Å²) in [6.07, 6.45) is 4.48. The molecule has 4 heterocycles. The summed E-state index contributed by atoms with van der Waals surface area (Å²) in [5.41, 5.74) is -0.575. The molecule has 28 heavy (non-hydrogen) atoms. The normalized spacial score (nSPS) is 30.2. The van der Waals surface area contributed by atoms with E-state index in [-0.39, 0.29) is 24.1 Å². The fraction of sp³-hybridized carbons (Fsp3) is 0.250. The van der Waals surface area contributed by atoms with Crippen LogP contribution in [-0.4, -0.2) is 36.0 Å². The number of hydrogen-bond donors (Lipinski definition) is 1. The van der Waals surface area contributed by atoms with E-state index in [0.29, 0.717) is 10.7 Å². The third-order valence-electron chi connectivity index (χ3n) is 5.51.